The minimum absolute atomic E-state index is 0.396. The lowest BCUT2D eigenvalue weighted by Crippen LogP contribution is -2.71. The molecule has 0 unspecified atom stereocenters. The Bertz CT molecular complexity index is 71.6. The van der Waals surface area contributed by atoms with Crippen LogP contribution in [0, 0.1) is 5.21 Å². The van der Waals surface area contributed by atoms with Crippen molar-refractivity contribution in [3.05, 3.63) is 5.21 Å². The zero-order chi connectivity index (χ0) is 5.21. The summed E-state index contributed by atoms with van der Waals surface area (Å²) in [7, 11) is -4.33. The molecular formula is H4NO4P. The highest BCUT2D eigenvalue weighted by atomic mass is 31.2. The van der Waals surface area contributed by atoms with E-state index < -0.39 is 13.0 Å². The highest BCUT2D eigenvalue weighted by molar-refractivity contribution is 7.44. The summed E-state index contributed by atoms with van der Waals surface area (Å²) in [5.41, 5.74) is 0. The summed E-state index contributed by atoms with van der Waals surface area (Å²) in [6, 6.07) is 0. The third-order valence-corrected chi connectivity index (χ3v) is 0.412. The van der Waals surface area contributed by atoms with Crippen molar-refractivity contribution in [1.82, 2.24) is 0 Å². The van der Waals surface area contributed by atoms with Crippen LogP contribution in [-0.4, -0.2) is 9.79 Å². The first kappa shape index (κ1) is 6.07. The van der Waals surface area contributed by atoms with Crippen molar-refractivity contribution in [2.75, 3.05) is 0 Å². The maximum Gasteiger partial charge on any atom is 0.523 e. The first-order chi connectivity index (χ1) is 2.56. The minimum atomic E-state index is -4.33. The van der Waals surface area contributed by atoms with Gasteiger partial charge in [-0.1, -0.05) is 0 Å². The topological polar surface area (TPSA) is 97.2 Å². The molecular weight excluding hydrogens is 109 g/mol. The van der Waals surface area contributed by atoms with Crippen LogP contribution in [0.2, 0.25) is 0 Å². The van der Waals surface area contributed by atoms with Gasteiger partial charge < -0.3 is 5.21 Å². The summed E-state index contributed by atoms with van der Waals surface area (Å²) in [5, 5.41) is 8.67. The van der Waals surface area contributed by atoms with Crippen molar-refractivity contribution in [3.63, 3.8) is 0 Å². The van der Waals surface area contributed by atoms with Gasteiger partial charge in [-0.15, -0.1) is 0 Å². The molecule has 0 rings (SSSR count). The van der Waals surface area contributed by atoms with Crippen LogP contribution < -0.4 is 5.25 Å². The molecule has 0 aliphatic carbocycles. The van der Waals surface area contributed by atoms with E-state index in [2.05, 4.69) is 0 Å². The molecule has 0 atom stereocenters. The Morgan fingerprint density at radius 1 is 1.67 bits per heavy atom. The molecule has 0 aromatic carbocycles. The van der Waals surface area contributed by atoms with Gasteiger partial charge in [-0.05, 0) is 0 Å². The van der Waals surface area contributed by atoms with Crippen LogP contribution in [0.3, 0.4) is 0 Å². The average molecular weight is 113 g/mol. The van der Waals surface area contributed by atoms with Gasteiger partial charge in [0.2, 0.25) is 0 Å². The SMILES string of the molecule is O=P(O)(O)[NH2+][O-]. The summed E-state index contributed by atoms with van der Waals surface area (Å²) in [6.45, 7) is 0. The molecule has 0 radical (unpaired) electrons. The zero-order valence-corrected chi connectivity index (χ0v) is 3.63. The summed E-state index contributed by atoms with van der Waals surface area (Å²) >= 11 is 0. The number of rotatable bonds is 1. The van der Waals surface area contributed by atoms with Gasteiger partial charge in [0.15, 0.2) is 0 Å². The van der Waals surface area contributed by atoms with Gasteiger partial charge >= 0.3 is 7.75 Å². The van der Waals surface area contributed by atoms with Crippen molar-refractivity contribution in [2.24, 2.45) is 0 Å². The van der Waals surface area contributed by atoms with E-state index in [0.717, 1.165) is 0 Å². The Kier molecular flexibility index (Phi) is 1.70. The molecule has 38 valence electrons. The molecule has 0 saturated carbocycles. The Hall–Kier alpha value is 0.0700. The highest BCUT2D eigenvalue weighted by Gasteiger charge is 2.09. The fourth-order valence-corrected chi connectivity index (χ4v) is 0. The fraction of sp³-hybridized carbons (Fsp3) is 0. The predicted octanol–water partition coefficient (Wildman–Crippen LogP) is -1.86. The molecule has 0 bridgehead atoms. The molecule has 0 heterocycles. The van der Waals surface area contributed by atoms with E-state index in [1.54, 1.807) is 0 Å². The second-order valence-corrected chi connectivity index (χ2v) is 2.08. The second-order valence-electron chi connectivity index (χ2n) is 0.695. The minimum Gasteiger partial charge on any atom is -0.629 e. The fourth-order valence-electron chi connectivity index (χ4n) is 0. The first-order valence-electron chi connectivity index (χ1n) is 1.08. The first-order valence-corrected chi connectivity index (χ1v) is 2.76. The van der Waals surface area contributed by atoms with E-state index in [9.17, 15) is 4.57 Å². The molecule has 0 aromatic heterocycles. The van der Waals surface area contributed by atoms with Crippen LogP contribution >= 0.6 is 7.75 Å². The normalized spacial score (nSPS) is 11.8. The molecule has 0 saturated heterocycles. The zero-order valence-electron chi connectivity index (χ0n) is 2.74. The van der Waals surface area contributed by atoms with Gasteiger partial charge in [0, 0.05) is 0 Å². The van der Waals surface area contributed by atoms with Crippen LogP contribution in [0.1, 0.15) is 0 Å². The lowest BCUT2D eigenvalue weighted by molar-refractivity contribution is -0.448. The molecule has 0 aliphatic rings. The number of nitrogens with two attached hydrogens (primary N) is 1. The predicted molar refractivity (Wildman–Crippen MR) is 17.3 cm³/mol. The number of hydrogen-bond donors (Lipinski definition) is 3. The lowest BCUT2D eigenvalue weighted by atomic mass is 13.5. The maximum absolute atomic E-state index is 9.33. The summed E-state index contributed by atoms with van der Waals surface area (Å²) in [4.78, 5) is 15.1. The van der Waals surface area contributed by atoms with Crippen LogP contribution in [0.4, 0.5) is 0 Å². The Morgan fingerprint density at radius 3 is 1.83 bits per heavy atom. The molecule has 0 spiro atoms. The van der Waals surface area contributed by atoms with Gasteiger partial charge in [-0.2, -0.15) is 0 Å². The standard InChI is InChI=1S/H4NO4P/c2-1-6(3,4)5/h1H2,(H2,3,4,5). The van der Waals surface area contributed by atoms with Gasteiger partial charge in [0.05, 0.1) is 0 Å². The third-order valence-electron chi connectivity index (χ3n) is 0.137. The van der Waals surface area contributed by atoms with E-state index in [0.29, 0.717) is 0 Å². The van der Waals surface area contributed by atoms with Crippen LogP contribution in [0.25, 0.3) is 0 Å². The molecule has 6 heavy (non-hydrogen) atoms. The smallest absolute Gasteiger partial charge is 0.523 e. The summed E-state index contributed by atoms with van der Waals surface area (Å²) < 4.78 is 9.33. The molecule has 4 N–H and O–H groups in total. The van der Waals surface area contributed by atoms with Gasteiger partial charge in [0.1, 0.15) is 0 Å². The molecule has 0 fully saturated rings. The van der Waals surface area contributed by atoms with E-state index >= 15 is 0 Å². The monoisotopic (exact) mass is 113 g/mol. The molecule has 0 aliphatic heterocycles. The maximum atomic E-state index is 9.33. The van der Waals surface area contributed by atoms with Gasteiger partial charge in [-0.3, -0.25) is 15.0 Å². The second kappa shape index (κ2) is 1.68. The summed E-state index contributed by atoms with van der Waals surface area (Å²) in [5.74, 6) is 0. The van der Waals surface area contributed by atoms with E-state index in [1.165, 1.54) is 0 Å². The van der Waals surface area contributed by atoms with Crippen LogP contribution in [0.15, 0.2) is 0 Å². The molecule has 5 nitrogen and oxygen atoms in total. The van der Waals surface area contributed by atoms with Crippen molar-refractivity contribution < 1.29 is 19.6 Å². The third kappa shape index (κ3) is 4.07. The quantitative estimate of drug-likeness (QED) is 0.274. The Morgan fingerprint density at radius 2 is 1.83 bits per heavy atom. The number of quaternary nitrogens is 1. The average Bonchev–Trinajstić information content (AvgIpc) is 1.35. The number of hydrogen-bond acceptors (Lipinski definition) is 2. The van der Waals surface area contributed by atoms with Crippen molar-refractivity contribution >= 4 is 7.75 Å². The van der Waals surface area contributed by atoms with Gasteiger partial charge in [0.25, 0.3) is 0 Å². The van der Waals surface area contributed by atoms with E-state index in [4.69, 9.17) is 15.0 Å². The van der Waals surface area contributed by atoms with Crippen molar-refractivity contribution in [2.45, 2.75) is 0 Å². The Labute approximate surface area is 33.8 Å². The van der Waals surface area contributed by atoms with E-state index in [1.807, 2.05) is 0 Å². The Balaban J connectivity index is 3.48. The van der Waals surface area contributed by atoms with Crippen molar-refractivity contribution in [1.29, 1.82) is 0 Å². The van der Waals surface area contributed by atoms with Crippen molar-refractivity contribution in [3.8, 4) is 0 Å². The van der Waals surface area contributed by atoms with Crippen LogP contribution in [0.5, 0.6) is 0 Å². The highest BCUT2D eigenvalue weighted by Crippen LogP contribution is 2.17. The largest absolute Gasteiger partial charge is 0.629 e. The lowest BCUT2D eigenvalue weighted by Gasteiger charge is -1.98. The van der Waals surface area contributed by atoms with E-state index in [-0.39, 0.29) is 0 Å². The van der Waals surface area contributed by atoms with Crippen LogP contribution in [-0.2, 0) is 4.57 Å². The van der Waals surface area contributed by atoms with Gasteiger partial charge in [-0.25, -0.2) is 4.57 Å². The molecule has 0 amide bonds. The molecule has 6 heteroatoms. The summed E-state index contributed by atoms with van der Waals surface area (Å²) in [6.07, 6.45) is 0. The molecule has 0 aromatic rings.